The van der Waals surface area contributed by atoms with Crippen LogP contribution in [0.5, 0.6) is 0 Å². The van der Waals surface area contributed by atoms with Gasteiger partial charge in [-0.3, -0.25) is 4.79 Å². The van der Waals surface area contributed by atoms with E-state index in [1.807, 2.05) is 36.4 Å². The molecule has 1 amide bonds. The molecule has 2 rings (SSSR count). The highest BCUT2D eigenvalue weighted by Crippen LogP contribution is 2.33. The van der Waals surface area contributed by atoms with Crippen molar-refractivity contribution in [1.29, 1.82) is 0 Å². The number of halogens is 3. The number of amides is 1. The van der Waals surface area contributed by atoms with Crippen molar-refractivity contribution in [3.05, 3.63) is 55.1 Å². The lowest BCUT2D eigenvalue weighted by molar-refractivity contribution is 0.0758. The fourth-order valence-electron chi connectivity index (χ4n) is 1.77. The number of hydrogen-bond acceptors (Lipinski definition) is 2. The third-order valence-corrected chi connectivity index (χ3v) is 6.13. The summed E-state index contributed by atoms with van der Waals surface area (Å²) in [6.07, 6.45) is 0. The Bertz CT molecular complexity index is 569. The van der Waals surface area contributed by atoms with Crippen molar-refractivity contribution in [1.82, 2.24) is 4.90 Å². The number of nitrogens with zero attached hydrogens (tertiary/aromatic N) is 1. The summed E-state index contributed by atoms with van der Waals surface area (Å²) in [4.78, 5) is 15.0. The zero-order valence-corrected chi connectivity index (χ0v) is 15.2. The van der Waals surface area contributed by atoms with E-state index in [-0.39, 0.29) is 5.91 Å². The van der Waals surface area contributed by atoms with E-state index < -0.39 is 0 Å². The van der Waals surface area contributed by atoms with E-state index in [2.05, 4.69) is 31.9 Å². The van der Waals surface area contributed by atoms with Crippen LogP contribution in [0.1, 0.15) is 15.2 Å². The van der Waals surface area contributed by atoms with Gasteiger partial charge in [-0.25, -0.2) is 0 Å². The normalized spacial score (nSPS) is 10.6. The van der Waals surface area contributed by atoms with Crippen LogP contribution in [0.2, 0.25) is 0 Å². The molecule has 0 fully saturated rings. The molecule has 1 heterocycles. The zero-order valence-electron chi connectivity index (χ0n) is 10.5. The molecular weight excluding hydrogens is 425 g/mol. The molecule has 0 saturated heterocycles. The lowest BCUT2D eigenvalue weighted by Crippen LogP contribution is -2.31. The minimum absolute atomic E-state index is 0.00547. The topological polar surface area (TPSA) is 20.3 Å². The monoisotopic (exact) mass is 435 g/mol. The van der Waals surface area contributed by atoms with Crippen LogP contribution in [0.3, 0.4) is 0 Å². The molecular formula is C14H12Br2ClNOS. The number of benzene rings is 1. The van der Waals surface area contributed by atoms with E-state index in [0.29, 0.717) is 23.8 Å². The molecule has 0 radical (unpaired) electrons. The molecule has 0 bridgehead atoms. The molecule has 2 nitrogen and oxygen atoms in total. The maximum absolute atomic E-state index is 12.5. The van der Waals surface area contributed by atoms with Gasteiger partial charge in [0, 0.05) is 23.4 Å². The highest BCUT2D eigenvalue weighted by Gasteiger charge is 2.19. The fourth-order valence-corrected chi connectivity index (χ4v) is 3.97. The number of carbonyl (C=O) groups excluding carboxylic acids is 1. The van der Waals surface area contributed by atoms with Gasteiger partial charge in [-0.1, -0.05) is 30.3 Å². The van der Waals surface area contributed by atoms with Gasteiger partial charge in [-0.2, -0.15) is 0 Å². The summed E-state index contributed by atoms with van der Waals surface area (Å²) in [5, 5.41) is 0. The van der Waals surface area contributed by atoms with Crippen LogP contribution in [-0.2, 0) is 6.54 Å². The molecule has 0 aliphatic carbocycles. The summed E-state index contributed by atoms with van der Waals surface area (Å²) >= 11 is 14.1. The van der Waals surface area contributed by atoms with E-state index >= 15 is 0 Å². The Balaban J connectivity index is 2.17. The van der Waals surface area contributed by atoms with E-state index in [9.17, 15) is 4.79 Å². The third-order valence-electron chi connectivity index (χ3n) is 2.71. The van der Waals surface area contributed by atoms with Gasteiger partial charge in [0.25, 0.3) is 5.91 Å². The van der Waals surface area contributed by atoms with Gasteiger partial charge in [-0.05, 0) is 43.5 Å². The SMILES string of the molecule is O=C(c1cc(Br)c(Br)s1)N(CCCl)Cc1ccccc1. The smallest absolute Gasteiger partial charge is 0.264 e. The van der Waals surface area contributed by atoms with Crippen LogP contribution >= 0.6 is 54.8 Å². The lowest BCUT2D eigenvalue weighted by Gasteiger charge is -2.21. The predicted octanol–water partition coefficient (Wildman–Crippen LogP) is 5.15. The minimum atomic E-state index is 0.00547. The second-order valence-corrected chi connectivity index (χ2v) is 7.74. The summed E-state index contributed by atoms with van der Waals surface area (Å²) in [7, 11) is 0. The van der Waals surface area contributed by atoms with Crippen molar-refractivity contribution >= 4 is 60.7 Å². The number of carbonyl (C=O) groups is 1. The van der Waals surface area contributed by atoms with E-state index in [1.165, 1.54) is 11.3 Å². The van der Waals surface area contributed by atoms with Crippen LogP contribution in [0.15, 0.2) is 44.7 Å². The zero-order chi connectivity index (χ0) is 14.5. The Labute approximate surface area is 144 Å². The summed E-state index contributed by atoms with van der Waals surface area (Å²) < 4.78 is 1.82. The highest BCUT2D eigenvalue weighted by atomic mass is 79.9. The van der Waals surface area contributed by atoms with Gasteiger partial charge in [-0.15, -0.1) is 22.9 Å². The Morgan fingerprint density at radius 2 is 1.95 bits per heavy atom. The molecule has 0 aliphatic rings. The maximum atomic E-state index is 12.5. The number of rotatable bonds is 5. The molecule has 0 unspecified atom stereocenters. The lowest BCUT2D eigenvalue weighted by atomic mass is 10.2. The summed E-state index contributed by atoms with van der Waals surface area (Å²) in [5.74, 6) is 0.428. The third kappa shape index (κ3) is 4.07. The summed E-state index contributed by atoms with van der Waals surface area (Å²) in [6, 6.07) is 11.8. The molecule has 20 heavy (non-hydrogen) atoms. The van der Waals surface area contributed by atoms with Crippen molar-refractivity contribution in [2.24, 2.45) is 0 Å². The van der Waals surface area contributed by atoms with Crippen molar-refractivity contribution in [2.75, 3.05) is 12.4 Å². The van der Waals surface area contributed by atoms with Crippen LogP contribution < -0.4 is 0 Å². The van der Waals surface area contributed by atoms with Crippen molar-refractivity contribution in [3.63, 3.8) is 0 Å². The average molecular weight is 438 g/mol. The standard InChI is InChI=1S/C14H12Br2ClNOS/c15-11-8-12(20-13(11)16)14(19)18(7-6-17)9-10-4-2-1-3-5-10/h1-5,8H,6-7,9H2. The van der Waals surface area contributed by atoms with Crippen LogP contribution in [0.25, 0.3) is 0 Å². The Hall–Kier alpha value is -0.360. The first-order chi connectivity index (χ1) is 9.61. The van der Waals surface area contributed by atoms with Crippen LogP contribution in [-0.4, -0.2) is 23.2 Å². The summed E-state index contributed by atoms with van der Waals surface area (Å²) in [5.41, 5.74) is 1.10. The van der Waals surface area contributed by atoms with Crippen molar-refractivity contribution in [3.8, 4) is 0 Å². The average Bonchev–Trinajstić information content (AvgIpc) is 2.78. The number of hydrogen-bond donors (Lipinski definition) is 0. The molecule has 0 aliphatic heterocycles. The molecule has 0 N–H and O–H groups in total. The van der Waals surface area contributed by atoms with Gasteiger partial charge in [0.2, 0.25) is 0 Å². The van der Waals surface area contributed by atoms with Gasteiger partial charge >= 0.3 is 0 Å². The molecule has 6 heteroatoms. The van der Waals surface area contributed by atoms with Crippen molar-refractivity contribution < 1.29 is 4.79 Å². The maximum Gasteiger partial charge on any atom is 0.264 e. The second kappa shape index (κ2) is 7.59. The molecule has 0 spiro atoms. The first-order valence-corrected chi connectivity index (χ1v) is 8.89. The first kappa shape index (κ1) is 16.0. The minimum Gasteiger partial charge on any atom is -0.332 e. The number of alkyl halides is 1. The van der Waals surface area contributed by atoms with Gasteiger partial charge < -0.3 is 4.90 Å². The van der Waals surface area contributed by atoms with Gasteiger partial charge in [0.15, 0.2) is 0 Å². The molecule has 0 saturated carbocycles. The van der Waals surface area contributed by atoms with E-state index in [0.717, 1.165) is 13.8 Å². The Morgan fingerprint density at radius 1 is 1.25 bits per heavy atom. The molecule has 1 aromatic carbocycles. The van der Waals surface area contributed by atoms with Gasteiger partial charge in [0.05, 0.1) is 8.66 Å². The van der Waals surface area contributed by atoms with Crippen LogP contribution in [0.4, 0.5) is 0 Å². The second-order valence-electron chi connectivity index (χ2n) is 4.13. The van der Waals surface area contributed by atoms with Crippen molar-refractivity contribution in [2.45, 2.75) is 6.54 Å². The molecule has 2 aromatic rings. The van der Waals surface area contributed by atoms with Crippen LogP contribution in [0, 0.1) is 0 Å². The largest absolute Gasteiger partial charge is 0.332 e. The highest BCUT2D eigenvalue weighted by molar-refractivity contribution is 9.13. The predicted molar refractivity (Wildman–Crippen MR) is 91.6 cm³/mol. The Morgan fingerprint density at radius 3 is 2.50 bits per heavy atom. The first-order valence-electron chi connectivity index (χ1n) is 5.96. The molecule has 0 atom stereocenters. The van der Waals surface area contributed by atoms with E-state index in [4.69, 9.17) is 11.6 Å². The fraction of sp³-hybridized carbons (Fsp3) is 0.214. The quantitative estimate of drug-likeness (QED) is 0.592. The van der Waals surface area contributed by atoms with Gasteiger partial charge in [0.1, 0.15) is 0 Å². The van der Waals surface area contributed by atoms with E-state index in [1.54, 1.807) is 4.90 Å². The molecule has 1 aromatic heterocycles. The number of thiophene rings is 1. The molecule has 106 valence electrons. The summed E-state index contributed by atoms with van der Waals surface area (Å²) in [6.45, 7) is 1.10. The Kier molecular flexibility index (Phi) is 6.08.